The number of ether oxygens (including phenoxy) is 2. The highest BCUT2D eigenvalue weighted by Crippen LogP contribution is 2.60. The van der Waals surface area contributed by atoms with Crippen LogP contribution >= 0.6 is 14.3 Å². The molecule has 1 unspecified atom stereocenters. The molecule has 1 atom stereocenters. The van der Waals surface area contributed by atoms with Crippen LogP contribution in [-0.4, -0.2) is 74.8 Å². The lowest BCUT2D eigenvalue weighted by Gasteiger charge is -2.34. The zero-order valence-electron chi connectivity index (χ0n) is 23.8. The number of carbonyl (C=O) groups is 1. The van der Waals surface area contributed by atoms with Gasteiger partial charge in [-0.1, -0.05) is 0 Å². The molecular weight excluding hydrogens is 594 g/mol. The van der Waals surface area contributed by atoms with Crippen molar-refractivity contribution in [1.82, 2.24) is 9.97 Å². The van der Waals surface area contributed by atoms with Crippen LogP contribution in [0.4, 0.5) is 17.6 Å². The van der Waals surface area contributed by atoms with E-state index in [4.69, 9.17) is 14.6 Å². The van der Waals surface area contributed by atoms with Gasteiger partial charge in [-0.05, 0) is 40.5 Å². The Bertz CT molecular complexity index is 1420. The van der Waals surface area contributed by atoms with Gasteiger partial charge in [-0.3, -0.25) is 14.8 Å². The molecule has 3 heterocycles. The maximum Gasteiger partial charge on any atom is 0.358 e. The highest BCUT2D eigenvalue weighted by Gasteiger charge is 2.52. The van der Waals surface area contributed by atoms with Gasteiger partial charge >= 0.3 is 11.3 Å². The average molecular weight is 628 g/mol. The zero-order valence-corrected chi connectivity index (χ0v) is 25.6. The molecule has 2 aromatic rings. The number of aliphatic hydroxyl groups excluding tert-OH is 2. The Hall–Kier alpha value is -2.37. The van der Waals surface area contributed by atoms with E-state index >= 15 is 0 Å². The van der Waals surface area contributed by atoms with Crippen LogP contribution in [0.25, 0.3) is 0 Å². The number of hydrogen-bond donors (Lipinski definition) is 3. The largest absolute Gasteiger partial charge is 0.506 e. The highest BCUT2D eigenvalue weighted by atomic mass is 31.2. The first-order valence-electron chi connectivity index (χ1n) is 12.1. The summed E-state index contributed by atoms with van der Waals surface area (Å²) >= 11 is 0. The topological polar surface area (TPSA) is 156 Å². The second-order valence-corrected chi connectivity index (χ2v) is 17.3. The third-order valence-corrected chi connectivity index (χ3v) is 9.53. The van der Waals surface area contributed by atoms with Crippen molar-refractivity contribution in [1.29, 1.82) is 0 Å². The van der Waals surface area contributed by atoms with Crippen molar-refractivity contribution in [2.24, 2.45) is 0 Å². The smallest absolute Gasteiger partial charge is 0.358 e. The van der Waals surface area contributed by atoms with Crippen LogP contribution < -0.4 is 4.74 Å². The molecular formula is C25H34F4N2O8P2. The van der Waals surface area contributed by atoms with Gasteiger partial charge in [0.2, 0.25) is 11.6 Å². The van der Waals surface area contributed by atoms with E-state index in [-0.39, 0.29) is 34.7 Å². The van der Waals surface area contributed by atoms with Crippen LogP contribution in [0, 0.1) is 13.8 Å². The van der Waals surface area contributed by atoms with Gasteiger partial charge in [-0.15, -0.1) is 0 Å². The molecule has 16 heteroatoms. The summed E-state index contributed by atoms with van der Waals surface area (Å²) in [7, 11) is -7.88. The molecule has 1 aliphatic rings. The normalized spacial score (nSPS) is 16.1. The number of fused-ring (bicyclic) bond motifs is 1. The molecule has 0 saturated carbocycles. The van der Waals surface area contributed by atoms with E-state index < -0.39 is 61.2 Å². The van der Waals surface area contributed by atoms with Gasteiger partial charge in [0.15, 0.2) is 26.1 Å². The van der Waals surface area contributed by atoms with E-state index in [9.17, 15) is 41.7 Å². The molecule has 0 bridgehead atoms. The van der Waals surface area contributed by atoms with E-state index in [0.717, 1.165) is 39.1 Å². The fraction of sp³-hybridized carbons (Fsp3) is 0.560. The van der Waals surface area contributed by atoms with Crippen molar-refractivity contribution in [3.05, 3.63) is 46.0 Å². The number of ketones is 1. The minimum Gasteiger partial charge on any atom is -0.506 e. The molecule has 0 saturated heterocycles. The number of aromatic nitrogens is 2. The lowest BCUT2D eigenvalue weighted by Crippen LogP contribution is -2.37. The van der Waals surface area contributed by atoms with Crippen molar-refractivity contribution >= 4 is 20.1 Å². The second kappa shape index (κ2) is 11.7. The van der Waals surface area contributed by atoms with Crippen LogP contribution in [0.5, 0.6) is 11.5 Å². The van der Waals surface area contributed by atoms with Crippen LogP contribution in [0.3, 0.4) is 0 Å². The van der Waals surface area contributed by atoms with E-state index in [1.54, 1.807) is 20.8 Å². The molecule has 0 amide bonds. The van der Waals surface area contributed by atoms with Gasteiger partial charge in [-0.2, -0.15) is 17.6 Å². The first kappa shape index (κ1) is 34.8. The SMILES string of the molecule is Cc1ncc(C(=O)C(F)(F)P(C)(C)=O)c2c1OC(C)(C)OC2.Cc1ncc(C(O)C(F)(F)P(C)(C)=O)c(CO)c1O. The number of aryl methyl sites for hydroxylation is 2. The van der Waals surface area contributed by atoms with Gasteiger partial charge in [0.1, 0.15) is 5.75 Å². The van der Waals surface area contributed by atoms with Crippen molar-refractivity contribution in [2.75, 3.05) is 26.7 Å². The number of aromatic hydroxyl groups is 1. The van der Waals surface area contributed by atoms with Gasteiger partial charge < -0.3 is 33.9 Å². The number of halogens is 4. The Labute approximate surface area is 234 Å². The Morgan fingerprint density at radius 1 is 1.05 bits per heavy atom. The summed E-state index contributed by atoms with van der Waals surface area (Å²) in [5.74, 6) is -2.65. The molecule has 230 valence electrons. The first-order valence-corrected chi connectivity index (χ1v) is 17.3. The molecule has 0 radical (unpaired) electrons. The lowest BCUT2D eigenvalue weighted by molar-refractivity contribution is -0.180. The Kier molecular flexibility index (Phi) is 9.96. The first-order chi connectivity index (χ1) is 18.4. The fourth-order valence-electron chi connectivity index (χ4n) is 3.58. The predicted molar refractivity (Wildman–Crippen MR) is 143 cm³/mol. The monoisotopic (exact) mass is 628 g/mol. The maximum absolute atomic E-state index is 14.1. The number of Topliss-reactive ketones (excluding diaryl/α,β-unsaturated/α-hetero) is 1. The minimum absolute atomic E-state index is 0.0550. The van der Waals surface area contributed by atoms with Gasteiger partial charge in [0.25, 0.3) is 0 Å². The molecule has 3 N–H and O–H groups in total. The number of hydrogen-bond acceptors (Lipinski definition) is 10. The summed E-state index contributed by atoms with van der Waals surface area (Å²) in [6, 6.07) is 0. The summed E-state index contributed by atoms with van der Waals surface area (Å²) < 4.78 is 90.2. The number of alkyl halides is 4. The van der Waals surface area contributed by atoms with Crippen LogP contribution in [-0.2, 0) is 27.1 Å². The number of rotatable bonds is 7. The van der Waals surface area contributed by atoms with Gasteiger partial charge in [-0.25, -0.2) is 0 Å². The lowest BCUT2D eigenvalue weighted by atomic mass is 10.0. The third-order valence-electron chi connectivity index (χ3n) is 6.30. The van der Waals surface area contributed by atoms with Crippen molar-refractivity contribution in [3.8, 4) is 11.5 Å². The van der Waals surface area contributed by atoms with Gasteiger partial charge in [0, 0.05) is 42.9 Å². The third kappa shape index (κ3) is 7.00. The highest BCUT2D eigenvalue weighted by molar-refractivity contribution is 7.64. The van der Waals surface area contributed by atoms with Crippen molar-refractivity contribution < 1.29 is 56.3 Å². The number of aliphatic hydroxyl groups is 2. The summed E-state index contributed by atoms with van der Waals surface area (Å²) in [6.07, 6.45) is -0.408. The van der Waals surface area contributed by atoms with Crippen LogP contribution in [0.2, 0.25) is 0 Å². The molecule has 0 fully saturated rings. The number of nitrogens with zero attached hydrogens (tertiary/aromatic N) is 2. The Balaban J connectivity index is 0.000000290. The minimum atomic E-state index is -3.96. The second-order valence-electron chi connectivity index (χ2n) is 10.7. The molecule has 10 nitrogen and oxygen atoms in total. The molecule has 0 aromatic carbocycles. The van der Waals surface area contributed by atoms with Crippen LogP contribution in [0.1, 0.15) is 58.4 Å². The standard InChI is InChI=1S/C14H18F2NO4P.C11H16F2NO4P/c1-8-11-10(7-20-13(2,3)21-11)9(6-17-8)12(18)14(15,16)22(4,5)19;1-6-9(16)8(5-15)7(4-14-6)10(17)11(12,13)19(2,3)18/h6H,7H2,1-5H3;4,10,15-17H,5H2,1-3H3. The summed E-state index contributed by atoms with van der Waals surface area (Å²) in [5, 5.41) is 28.5. The van der Waals surface area contributed by atoms with Crippen LogP contribution in [0.15, 0.2) is 12.4 Å². The predicted octanol–water partition coefficient (Wildman–Crippen LogP) is 5.27. The van der Waals surface area contributed by atoms with Crippen molar-refractivity contribution in [2.45, 2.75) is 64.1 Å². The van der Waals surface area contributed by atoms with E-state index in [1.165, 1.54) is 6.92 Å². The van der Waals surface area contributed by atoms with E-state index in [2.05, 4.69) is 9.97 Å². The summed E-state index contributed by atoms with van der Waals surface area (Å²) in [4.78, 5) is 19.8. The average Bonchev–Trinajstić information content (AvgIpc) is 2.84. The Morgan fingerprint density at radius 3 is 2.07 bits per heavy atom. The molecule has 0 spiro atoms. The maximum atomic E-state index is 14.1. The summed E-state index contributed by atoms with van der Waals surface area (Å²) in [6.45, 7) is 9.10. The number of pyridine rings is 2. The van der Waals surface area contributed by atoms with E-state index in [1.807, 2.05) is 0 Å². The quantitative estimate of drug-likeness (QED) is 0.210. The molecule has 41 heavy (non-hydrogen) atoms. The summed E-state index contributed by atoms with van der Waals surface area (Å²) in [5.41, 5.74) is -7.99. The van der Waals surface area contributed by atoms with E-state index in [0.29, 0.717) is 5.69 Å². The molecule has 1 aliphatic heterocycles. The molecule has 3 rings (SSSR count). The number of carbonyl (C=O) groups excluding carboxylic acids is 1. The van der Waals surface area contributed by atoms with Crippen molar-refractivity contribution in [3.63, 3.8) is 0 Å². The zero-order chi connectivity index (χ0) is 31.9. The fourth-order valence-corrected chi connectivity index (χ4v) is 4.92. The molecule has 0 aliphatic carbocycles. The van der Waals surface area contributed by atoms with Gasteiger partial charge in [0.05, 0.1) is 30.2 Å². The Morgan fingerprint density at radius 2 is 1.59 bits per heavy atom. The molecule has 2 aromatic heterocycles.